The zero-order valence-corrected chi connectivity index (χ0v) is 12.1. The van der Waals surface area contributed by atoms with Gasteiger partial charge in [0.15, 0.2) is 5.82 Å². The van der Waals surface area contributed by atoms with E-state index in [1.165, 1.54) is 0 Å². The monoisotopic (exact) mass is 299 g/mol. The molecule has 2 aliphatic heterocycles. The fraction of sp³-hybridized carbons (Fsp3) is 0.400. The van der Waals surface area contributed by atoms with Crippen LogP contribution in [0.2, 0.25) is 0 Å². The number of urea groups is 1. The van der Waals surface area contributed by atoms with Crippen LogP contribution >= 0.6 is 0 Å². The molecule has 2 aromatic rings. The van der Waals surface area contributed by atoms with Gasteiger partial charge in [0, 0.05) is 36.9 Å². The van der Waals surface area contributed by atoms with E-state index in [2.05, 4.69) is 20.5 Å². The van der Waals surface area contributed by atoms with Gasteiger partial charge < -0.3 is 10.1 Å². The van der Waals surface area contributed by atoms with Gasteiger partial charge in [0.2, 0.25) is 0 Å². The third kappa shape index (κ3) is 2.33. The van der Waals surface area contributed by atoms with Gasteiger partial charge >= 0.3 is 6.03 Å². The topological polar surface area (TPSA) is 83.1 Å². The first-order chi connectivity index (χ1) is 10.8. The summed E-state index contributed by atoms with van der Waals surface area (Å²) in [5, 5.41) is 10.1. The maximum absolute atomic E-state index is 11.8. The number of nitrogens with one attached hydrogen (secondary N) is 2. The van der Waals surface area contributed by atoms with Crippen molar-refractivity contribution in [2.75, 3.05) is 31.2 Å². The van der Waals surface area contributed by atoms with Gasteiger partial charge in [-0.1, -0.05) is 12.1 Å². The Bertz CT molecular complexity index is 693. The van der Waals surface area contributed by atoms with Crippen LogP contribution in [-0.2, 0) is 4.74 Å². The number of aromatic nitrogens is 3. The van der Waals surface area contributed by atoms with E-state index in [-0.39, 0.29) is 6.03 Å². The summed E-state index contributed by atoms with van der Waals surface area (Å²) < 4.78 is 5.39. The number of hydrogen-bond donors (Lipinski definition) is 2. The highest BCUT2D eigenvalue weighted by Gasteiger charge is 2.23. The minimum Gasteiger partial charge on any atom is -0.381 e. The molecule has 2 amide bonds. The number of nitrogens with zero attached hydrogens (tertiary/aromatic N) is 3. The molecule has 3 heterocycles. The van der Waals surface area contributed by atoms with Crippen molar-refractivity contribution in [2.45, 2.75) is 12.3 Å². The number of aromatic amines is 1. The standard InChI is InChI=1S/C15H17N5O2/c21-15-16-5-6-20(15)12-3-1-2-10(8-12)13-17-14(19-18-13)11-4-7-22-9-11/h1-3,8,11H,4-7,9H2,(H,16,21)(H,17,18,19)/t11-/m1/s1. The molecular weight excluding hydrogens is 282 g/mol. The lowest BCUT2D eigenvalue weighted by Crippen LogP contribution is -2.27. The Labute approximate surface area is 127 Å². The second-order valence-corrected chi connectivity index (χ2v) is 5.54. The first-order valence-corrected chi connectivity index (χ1v) is 7.47. The van der Waals surface area contributed by atoms with Crippen LogP contribution in [0.3, 0.4) is 0 Å². The van der Waals surface area contributed by atoms with E-state index >= 15 is 0 Å². The maximum atomic E-state index is 11.8. The van der Waals surface area contributed by atoms with E-state index in [9.17, 15) is 4.79 Å². The Morgan fingerprint density at radius 1 is 1.36 bits per heavy atom. The van der Waals surface area contributed by atoms with Crippen LogP contribution in [0.4, 0.5) is 10.5 Å². The molecule has 7 nitrogen and oxygen atoms in total. The molecule has 2 aliphatic rings. The SMILES string of the molecule is O=C1NCCN1c1cccc(-c2n[nH]c([C@@H]3CCOC3)n2)c1. The van der Waals surface area contributed by atoms with E-state index in [0.29, 0.717) is 31.4 Å². The van der Waals surface area contributed by atoms with Crippen LogP contribution in [0.25, 0.3) is 11.4 Å². The number of ether oxygens (including phenoxy) is 1. The van der Waals surface area contributed by atoms with E-state index in [4.69, 9.17) is 4.74 Å². The molecule has 2 N–H and O–H groups in total. The number of amides is 2. The molecule has 0 radical (unpaired) electrons. The molecule has 2 fully saturated rings. The highest BCUT2D eigenvalue weighted by molar-refractivity contribution is 5.94. The van der Waals surface area contributed by atoms with Gasteiger partial charge in [-0.25, -0.2) is 9.78 Å². The molecule has 1 aromatic heterocycles. The average Bonchev–Trinajstić information content (AvgIpc) is 3.28. The molecule has 0 spiro atoms. The van der Waals surface area contributed by atoms with E-state index in [1.54, 1.807) is 4.90 Å². The summed E-state index contributed by atoms with van der Waals surface area (Å²) in [6.07, 6.45) is 0.975. The number of rotatable bonds is 3. The van der Waals surface area contributed by atoms with Crippen molar-refractivity contribution in [3.8, 4) is 11.4 Å². The smallest absolute Gasteiger partial charge is 0.321 e. The predicted molar refractivity (Wildman–Crippen MR) is 80.7 cm³/mol. The molecule has 0 unspecified atom stereocenters. The van der Waals surface area contributed by atoms with Gasteiger partial charge in [0.25, 0.3) is 0 Å². The van der Waals surface area contributed by atoms with E-state index in [0.717, 1.165) is 30.1 Å². The Hall–Kier alpha value is -2.41. The summed E-state index contributed by atoms with van der Waals surface area (Å²) in [6, 6.07) is 7.69. The molecule has 22 heavy (non-hydrogen) atoms. The van der Waals surface area contributed by atoms with E-state index in [1.807, 2.05) is 24.3 Å². The fourth-order valence-electron chi connectivity index (χ4n) is 2.87. The molecule has 2 saturated heterocycles. The lowest BCUT2D eigenvalue weighted by Gasteiger charge is -2.14. The number of H-pyrrole nitrogens is 1. The summed E-state index contributed by atoms with van der Waals surface area (Å²) in [4.78, 5) is 18.1. The van der Waals surface area contributed by atoms with Crippen molar-refractivity contribution < 1.29 is 9.53 Å². The van der Waals surface area contributed by atoms with Crippen LogP contribution < -0.4 is 10.2 Å². The first-order valence-electron chi connectivity index (χ1n) is 7.47. The zero-order chi connectivity index (χ0) is 14.9. The number of anilines is 1. The van der Waals surface area contributed by atoms with Crippen molar-refractivity contribution in [1.29, 1.82) is 0 Å². The molecule has 0 saturated carbocycles. The largest absolute Gasteiger partial charge is 0.381 e. The van der Waals surface area contributed by atoms with Crippen LogP contribution in [-0.4, -0.2) is 47.5 Å². The van der Waals surface area contributed by atoms with Crippen LogP contribution in [0, 0.1) is 0 Å². The highest BCUT2D eigenvalue weighted by Crippen LogP contribution is 2.26. The molecule has 1 atom stereocenters. The van der Waals surface area contributed by atoms with E-state index < -0.39 is 0 Å². The first kappa shape index (κ1) is 13.3. The van der Waals surface area contributed by atoms with Crippen LogP contribution in [0.15, 0.2) is 24.3 Å². The number of benzene rings is 1. The van der Waals surface area contributed by atoms with Crippen molar-refractivity contribution >= 4 is 11.7 Å². The normalized spacial score (nSPS) is 21.4. The predicted octanol–water partition coefficient (Wildman–Crippen LogP) is 1.51. The van der Waals surface area contributed by atoms with Gasteiger partial charge in [-0.2, -0.15) is 5.10 Å². The van der Waals surface area contributed by atoms with Gasteiger partial charge in [0.05, 0.1) is 6.61 Å². The quantitative estimate of drug-likeness (QED) is 0.900. The van der Waals surface area contributed by atoms with Gasteiger partial charge in [-0.05, 0) is 18.6 Å². The van der Waals surface area contributed by atoms with Crippen LogP contribution in [0.1, 0.15) is 18.2 Å². The van der Waals surface area contributed by atoms with Crippen molar-refractivity contribution in [1.82, 2.24) is 20.5 Å². The van der Waals surface area contributed by atoms with Gasteiger partial charge in [0.1, 0.15) is 5.82 Å². The Morgan fingerprint density at radius 2 is 2.32 bits per heavy atom. The Balaban J connectivity index is 1.61. The molecule has 7 heteroatoms. The molecule has 4 rings (SSSR count). The molecule has 1 aromatic carbocycles. The third-order valence-electron chi connectivity index (χ3n) is 4.09. The van der Waals surface area contributed by atoms with Crippen molar-refractivity contribution in [3.05, 3.63) is 30.1 Å². The molecule has 0 aliphatic carbocycles. The summed E-state index contributed by atoms with van der Waals surface area (Å²) in [5.74, 6) is 1.83. The minimum absolute atomic E-state index is 0.0593. The lowest BCUT2D eigenvalue weighted by molar-refractivity contribution is 0.193. The maximum Gasteiger partial charge on any atom is 0.321 e. The molecule has 114 valence electrons. The second kappa shape index (κ2) is 5.42. The number of carbonyl (C=O) groups is 1. The Morgan fingerprint density at radius 3 is 3.09 bits per heavy atom. The summed E-state index contributed by atoms with van der Waals surface area (Å²) in [7, 11) is 0. The number of hydrogen-bond acceptors (Lipinski definition) is 4. The third-order valence-corrected chi connectivity index (χ3v) is 4.09. The fourth-order valence-corrected chi connectivity index (χ4v) is 2.87. The zero-order valence-electron chi connectivity index (χ0n) is 12.1. The van der Waals surface area contributed by atoms with Gasteiger partial charge in [-0.3, -0.25) is 10.00 Å². The van der Waals surface area contributed by atoms with Gasteiger partial charge in [-0.15, -0.1) is 0 Å². The average molecular weight is 299 g/mol. The molecular formula is C15H17N5O2. The molecule has 0 bridgehead atoms. The second-order valence-electron chi connectivity index (χ2n) is 5.54. The highest BCUT2D eigenvalue weighted by atomic mass is 16.5. The van der Waals surface area contributed by atoms with Crippen molar-refractivity contribution in [3.63, 3.8) is 0 Å². The number of carbonyl (C=O) groups excluding carboxylic acids is 1. The summed E-state index contributed by atoms with van der Waals surface area (Å²) in [5.41, 5.74) is 1.77. The Kier molecular flexibility index (Phi) is 3.27. The van der Waals surface area contributed by atoms with Crippen molar-refractivity contribution in [2.24, 2.45) is 0 Å². The summed E-state index contributed by atoms with van der Waals surface area (Å²) in [6.45, 7) is 2.83. The van der Waals surface area contributed by atoms with Crippen LogP contribution in [0.5, 0.6) is 0 Å². The minimum atomic E-state index is -0.0593. The lowest BCUT2D eigenvalue weighted by atomic mass is 10.1. The summed E-state index contributed by atoms with van der Waals surface area (Å²) >= 11 is 0.